The number of likely N-dealkylation sites (tertiary alicyclic amines) is 1. The Bertz CT molecular complexity index is 1000. The minimum atomic E-state index is -0.860. The lowest BCUT2D eigenvalue weighted by Crippen LogP contribution is -2.55. The molecule has 1 aliphatic heterocycles. The van der Waals surface area contributed by atoms with Gasteiger partial charge in [0.1, 0.15) is 10.9 Å². The highest BCUT2D eigenvalue weighted by atomic mass is 32.1. The van der Waals surface area contributed by atoms with Gasteiger partial charge in [0.25, 0.3) is 0 Å². The van der Waals surface area contributed by atoms with Crippen LogP contribution in [0, 0.1) is 29.1 Å². The van der Waals surface area contributed by atoms with E-state index in [0.717, 1.165) is 38.5 Å². The zero-order chi connectivity index (χ0) is 26.5. The van der Waals surface area contributed by atoms with Gasteiger partial charge < -0.3 is 14.4 Å². The van der Waals surface area contributed by atoms with Crippen LogP contribution in [0.3, 0.4) is 0 Å². The van der Waals surface area contributed by atoms with Gasteiger partial charge in [0, 0.05) is 31.5 Å². The predicted octanol–water partition coefficient (Wildman–Crippen LogP) is 4.73. The molecule has 8 heteroatoms. The Morgan fingerprint density at radius 1 is 1.14 bits per heavy atom. The van der Waals surface area contributed by atoms with Crippen LogP contribution >= 0.6 is 11.3 Å². The van der Waals surface area contributed by atoms with Gasteiger partial charge in [-0.05, 0) is 71.3 Å². The third kappa shape index (κ3) is 6.89. The lowest BCUT2D eigenvalue weighted by molar-refractivity contribution is -0.136. The Labute approximate surface area is 219 Å². The van der Waals surface area contributed by atoms with Crippen LogP contribution in [0.2, 0.25) is 0 Å². The fourth-order valence-corrected chi connectivity index (χ4v) is 5.74. The number of esters is 1. The zero-order valence-corrected chi connectivity index (χ0v) is 23.3. The first kappa shape index (κ1) is 28.2. The van der Waals surface area contributed by atoms with Gasteiger partial charge in [0.2, 0.25) is 11.8 Å². The normalized spacial score (nSPS) is 20.9. The van der Waals surface area contributed by atoms with Gasteiger partial charge in [-0.2, -0.15) is 0 Å². The highest BCUT2D eigenvalue weighted by Gasteiger charge is 2.40. The first-order valence-electron chi connectivity index (χ1n) is 12.9. The van der Waals surface area contributed by atoms with Gasteiger partial charge in [0.15, 0.2) is 0 Å². The summed E-state index contributed by atoms with van der Waals surface area (Å²) in [6.07, 6.45) is 5.35. The van der Waals surface area contributed by atoms with E-state index in [9.17, 15) is 14.4 Å². The van der Waals surface area contributed by atoms with Crippen LogP contribution < -0.4 is 4.90 Å². The monoisotopic (exact) mass is 516 g/mol. The Balaban J connectivity index is 2.12. The van der Waals surface area contributed by atoms with E-state index in [1.165, 1.54) is 30.5 Å². The number of hydrogen-bond donors (Lipinski definition) is 0. The maximum atomic E-state index is 14.1. The molecule has 0 unspecified atom stereocenters. The maximum absolute atomic E-state index is 14.1. The van der Waals surface area contributed by atoms with Crippen LogP contribution in [0.5, 0.6) is 0 Å². The zero-order valence-electron chi connectivity index (χ0n) is 22.5. The van der Waals surface area contributed by atoms with E-state index in [1.54, 1.807) is 11.0 Å². The SMILES string of the molecule is COC[C@@H](C(=O)N1CCCC1)N(C(=O)C1CCC(C)CC1)c1cc(C#CC(C)(C)C)sc1C(=O)OC. The molecule has 1 aliphatic carbocycles. The summed E-state index contributed by atoms with van der Waals surface area (Å²) in [5, 5.41) is 0. The number of thiophene rings is 1. The van der Waals surface area contributed by atoms with E-state index in [0.29, 0.717) is 29.6 Å². The molecule has 1 aromatic heterocycles. The molecule has 2 fully saturated rings. The summed E-state index contributed by atoms with van der Waals surface area (Å²) in [5.41, 5.74) is 0.164. The first-order valence-corrected chi connectivity index (χ1v) is 13.7. The maximum Gasteiger partial charge on any atom is 0.350 e. The molecule has 2 amide bonds. The van der Waals surface area contributed by atoms with Crippen molar-refractivity contribution in [3.63, 3.8) is 0 Å². The third-order valence-electron chi connectivity index (χ3n) is 6.85. The molecular weight excluding hydrogens is 476 g/mol. The van der Waals surface area contributed by atoms with Crippen molar-refractivity contribution in [2.45, 2.75) is 72.3 Å². The van der Waals surface area contributed by atoms with Crippen molar-refractivity contribution in [2.24, 2.45) is 17.3 Å². The summed E-state index contributed by atoms with van der Waals surface area (Å²) in [7, 11) is 2.85. The fourth-order valence-electron chi connectivity index (χ4n) is 4.82. The number of amides is 2. The molecule has 2 aliphatic rings. The Hall–Kier alpha value is -2.37. The number of carbonyl (C=O) groups excluding carboxylic acids is 3. The molecule has 36 heavy (non-hydrogen) atoms. The Morgan fingerprint density at radius 3 is 2.33 bits per heavy atom. The lowest BCUT2D eigenvalue weighted by Gasteiger charge is -2.36. The van der Waals surface area contributed by atoms with E-state index in [1.807, 2.05) is 20.8 Å². The van der Waals surface area contributed by atoms with Crippen molar-refractivity contribution >= 4 is 34.8 Å². The van der Waals surface area contributed by atoms with Crippen molar-refractivity contribution in [3.05, 3.63) is 15.8 Å². The molecule has 7 nitrogen and oxygen atoms in total. The Kier molecular flexibility index (Phi) is 9.59. The number of ether oxygens (including phenoxy) is 2. The summed E-state index contributed by atoms with van der Waals surface area (Å²) in [5.74, 6) is 5.91. The van der Waals surface area contributed by atoms with Crippen LogP contribution in [0.25, 0.3) is 0 Å². The summed E-state index contributed by atoms with van der Waals surface area (Å²) < 4.78 is 10.6. The molecule has 198 valence electrons. The molecule has 0 N–H and O–H groups in total. The van der Waals surface area contributed by atoms with Crippen LogP contribution in [-0.4, -0.2) is 62.6 Å². The van der Waals surface area contributed by atoms with E-state index >= 15 is 0 Å². The number of methoxy groups -OCH3 is 2. The van der Waals surface area contributed by atoms with Crippen molar-refractivity contribution in [1.29, 1.82) is 0 Å². The summed E-state index contributed by atoms with van der Waals surface area (Å²) in [6.45, 7) is 9.62. The van der Waals surface area contributed by atoms with Gasteiger partial charge in [-0.25, -0.2) is 4.79 Å². The largest absolute Gasteiger partial charge is 0.465 e. The Morgan fingerprint density at radius 2 is 1.78 bits per heavy atom. The second-order valence-electron chi connectivity index (χ2n) is 11.0. The lowest BCUT2D eigenvalue weighted by atomic mass is 9.82. The van der Waals surface area contributed by atoms with Gasteiger partial charge in [-0.15, -0.1) is 11.3 Å². The van der Waals surface area contributed by atoms with Crippen LogP contribution in [-0.2, 0) is 19.1 Å². The molecule has 2 heterocycles. The van der Waals surface area contributed by atoms with Crippen molar-refractivity contribution in [3.8, 4) is 11.8 Å². The van der Waals surface area contributed by atoms with Crippen LogP contribution in [0.1, 0.15) is 80.8 Å². The van der Waals surface area contributed by atoms with Gasteiger partial charge in [0.05, 0.1) is 24.3 Å². The van der Waals surface area contributed by atoms with Gasteiger partial charge in [-0.3, -0.25) is 14.5 Å². The van der Waals surface area contributed by atoms with Gasteiger partial charge in [-0.1, -0.05) is 18.8 Å². The average Bonchev–Trinajstić information content (AvgIpc) is 3.52. The fraction of sp³-hybridized carbons (Fsp3) is 0.679. The van der Waals surface area contributed by atoms with Gasteiger partial charge >= 0.3 is 5.97 Å². The quantitative estimate of drug-likeness (QED) is 0.387. The highest BCUT2D eigenvalue weighted by molar-refractivity contribution is 7.15. The molecule has 1 saturated carbocycles. The predicted molar refractivity (Wildman–Crippen MR) is 142 cm³/mol. The summed E-state index contributed by atoms with van der Waals surface area (Å²) in [4.78, 5) is 45.0. The highest BCUT2D eigenvalue weighted by Crippen LogP contribution is 2.37. The van der Waals surface area contributed by atoms with E-state index in [2.05, 4.69) is 18.8 Å². The molecule has 1 aromatic rings. The summed E-state index contributed by atoms with van der Waals surface area (Å²) in [6, 6.07) is 0.903. The number of carbonyl (C=O) groups is 3. The van der Waals surface area contributed by atoms with Crippen molar-refractivity contribution in [1.82, 2.24) is 4.90 Å². The molecule has 0 radical (unpaired) electrons. The number of hydrogen-bond acceptors (Lipinski definition) is 6. The molecule has 0 aromatic carbocycles. The third-order valence-corrected chi connectivity index (χ3v) is 7.86. The van der Waals surface area contributed by atoms with Crippen LogP contribution in [0.4, 0.5) is 5.69 Å². The van der Waals surface area contributed by atoms with Crippen molar-refractivity contribution < 1.29 is 23.9 Å². The number of anilines is 1. The van der Waals surface area contributed by atoms with E-state index in [-0.39, 0.29) is 34.6 Å². The molecule has 1 atom stereocenters. The number of nitrogens with zero attached hydrogens (tertiary/aromatic N) is 2. The molecule has 0 bridgehead atoms. The molecule has 3 rings (SSSR count). The first-order chi connectivity index (χ1) is 17.1. The minimum absolute atomic E-state index is 0.0453. The number of rotatable bonds is 7. The van der Waals surface area contributed by atoms with Crippen LogP contribution in [0.15, 0.2) is 6.07 Å². The minimum Gasteiger partial charge on any atom is -0.465 e. The molecule has 1 saturated heterocycles. The van der Waals surface area contributed by atoms with Crippen molar-refractivity contribution in [2.75, 3.05) is 38.8 Å². The molecular formula is C28H40N2O5S. The second kappa shape index (κ2) is 12.2. The molecule has 0 spiro atoms. The second-order valence-corrected chi connectivity index (χ2v) is 12.0. The van der Waals surface area contributed by atoms with E-state index < -0.39 is 12.0 Å². The topological polar surface area (TPSA) is 76.2 Å². The van der Waals surface area contributed by atoms with E-state index in [4.69, 9.17) is 9.47 Å². The smallest absolute Gasteiger partial charge is 0.350 e. The summed E-state index contributed by atoms with van der Waals surface area (Å²) >= 11 is 1.20. The standard InChI is InChI=1S/C28H40N2O5S/c1-19-9-11-20(12-10-19)25(31)30(23(18-34-5)26(32)29-15-7-8-16-29)22-17-21(13-14-28(2,3)4)36-24(22)27(33)35-6/h17,19-20,23H,7-12,15-16,18H2,1-6H3/t19?,20?,23-/m0/s1. The average molecular weight is 517 g/mol.